The second-order valence-electron chi connectivity index (χ2n) is 6.33. The van der Waals surface area contributed by atoms with Gasteiger partial charge in [0.2, 0.25) is 0 Å². The average Bonchev–Trinajstić information content (AvgIpc) is 3.02. The normalized spacial score (nSPS) is 11.3. The fourth-order valence-corrected chi connectivity index (χ4v) is 3.64. The van der Waals surface area contributed by atoms with Crippen LogP contribution >= 0.6 is 11.3 Å². The van der Waals surface area contributed by atoms with Gasteiger partial charge in [0.1, 0.15) is 5.58 Å². The van der Waals surface area contributed by atoms with Crippen molar-refractivity contribution in [1.82, 2.24) is 4.98 Å². The molecule has 2 aromatic carbocycles. The standard InChI is InChI=1S/C20H16N2O3S/c1-11(2)12-7-8-14-18(9-12)26-20(21-14)22-19(24)17-10-15(23)13-5-3-4-6-16(13)25-17/h3-11H,1-2H3,(H,21,22,24). The maximum Gasteiger partial charge on any atom is 0.293 e. The lowest BCUT2D eigenvalue weighted by atomic mass is 10.0. The minimum Gasteiger partial charge on any atom is -0.451 e. The molecule has 0 radical (unpaired) electrons. The number of rotatable bonds is 3. The van der Waals surface area contributed by atoms with Crippen molar-refractivity contribution in [2.45, 2.75) is 19.8 Å². The molecule has 6 heteroatoms. The number of benzene rings is 2. The van der Waals surface area contributed by atoms with Gasteiger partial charge in [-0.05, 0) is 35.7 Å². The molecule has 0 unspecified atom stereocenters. The minimum absolute atomic E-state index is 0.0316. The SMILES string of the molecule is CC(C)c1ccc2nc(NC(=O)c3cc(=O)c4ccccc4o3)sc2c1. The van der Waals surface area contributed by atoms with Crippen LogP contribution in [0, 0.1) is 0 Å². The first kappa shape index (κ1) is 16.5. The summed E-state index contributed by atoms with van der Waals surface area (Å²) in [5.74, 6) is -0.0989. The lowest BCUT2D eigenvalue weighted by molar-refractivity contribution is 0.0997. The number of hydrogen-bond acceptors (Lipinski definition) is 5. The summed E-state index contributed by atoms with van der Waals surface area (Å²) >= 11 is 1.40. The highest BCUT2D eigenvalue weighted by atomic mass is 32.1. The summed E-state index contributed by atoms with van der Waals surface area (Å²) in [6, 6.07) is 14.1. The van der Waals surface area contributed by atoms with E-state index >= 15 is 0 Å². The Kier molecular flexibility index (Phi) is 4.05. The molecular weight excluding hydrogens is 348 g/mol. The average molecular weight is 364 g/mol. The molecule has 0 bridgehead atoms. The number of aromatic nitrogens is 1. The van der Waals surface area contributed by atoms with Gasteiger partial charge in [0.15, 0.2) is 16.3 Å². The lowest BCUT2D eigenvalue weighted by Gasteiger charge is -2.03. The van der Waals surface area contributed by atoms with Crippen LogP contribution in [0.4, 0.5) is 5.13 Å². The van der Waals surface area contributed by atoms with Crippen molar-refractivity contribution in [1.29, 1.82) is 0 Å². The first-order valence-corrected chi connectivity index (χ1v) is 9.07. The monoisotopic (exact) mass is 364 g/mol. The maximum absolute atomic E-state index is 12.5. The number of nitrogens with zero attached hydrogens (tertiary/aromatic N) is 1. The van der Waals surface area contributed by atoms with Gasteiger partial charge in [-0.2, -0.15) is 0 Å². The highest BCUT2D eigenvalue weighted by Gasteiger charge is 2.15. The molecule has 1 N–H and O–H groups in total. The second-order valence-corrected chi connectivity index (χ2v) is 7.36. The molecule has 1 amide bonds. The third kappa shape index (κ3) is 2.99. The number of carbonyl (C=O) groups is 1. The molecular formula is C20H16N2O3S. The highest BCUT2D eigenvalue weighted by Crippen LogP contribution is 2.29. The van der Waals surface area contributed by atoms with Crippen LogP contribution in [0.3, 0.4) is 0 Å². The lowest BCUT2D eigenvalue weighted by Crippen LogP contribution is -2.14. The Morgan fingerprint density at radius 3 is 2.77 bits per heavy atom. The van der Waals surface area contributed by atoms with Crippen molar-refractivity contribution < 1.29 is 9.21 Å². The molecule has 0 aliphatic heterocycles. The Balaban J connectivity index is 1.66. The van der Waals surface area contributed by atoms with E-state index in [4.69, 9.17) is 4.42 Å². The highest BCUT2D eigenvalue weighted by molar-refractivity contribution is 7.22. The van der Waals surface area contributed by atoms with Crippen LogP contribution in [-0.4, -0.2) is 10.9 Å². The van der Waals surface area contributed by atoms with Gasteiger partial charge in [-0.15, -0.1) is 0 Å². The van der Waals surface area contributed by atoms with Gasteiger partial charge in [-0.3, -0.25) is 14.9 Å². The van der Waals surface area contributed by atoms with Crippen molar-refractivity contribution in [2.75, 3.05) is 5.32 Å². The van der Waals surface area contributed by atoms with Crippen molar-refractivity contribution in [3.8, 4) is 0 Å². The number of nitrogens with one attached hydrogen (secondary N) is 1. The van der Waals surface area contributed by atoms with Crippen LogP contribution in [0.2, 0.25) is 0 Å². The Labute approximate surface area is 153 Å². The largest absolute Gasteiger partial charge is 0.451 e. The summed E-state index contributed by atoms with van der Waals surface area (Å²) in [7, 11) is 0. The van der Waals surface area contributed by atoms with Crippen LogP contribution in [-0.2, 0) is 0 Å². The van der Waals surface area contributed by atoms with Crippen molar-refractivity contribution in [3.63, 3.8) is 0 Å². The topological polar surface area (TPSA) is 72.2 Å². The fraction of sp³-hybridized carbons (Fsp3) is 0.150. The van der Waals surface area contributed by atoms with E-state index in [9.17, 15) is 9.59 Å². The number of thiazole rings is 1. The van der Waals surface area contributed by atoms with Gasteiger partial charge in [0.25, 0.3) is 5.91 Å². The van der Waals surface area contributed by atoms with Crippen LogP contribution in [0.25, 0.3) is 21.2 Å². The molecule has 2 aromatic heterocycles. The molecule has 0 aliphatic rings. The molecule has 4 aromatic rings. The molecule has 0 atom stereocenters. The van der Waals surface area contributed by atoms with E-state index in [-0.39, 0.29) is 11.2 Å². The summed E-state index contributed by atoms with van der Waals surface area (Å²) in [4.78, 5) is 29.1. The molecule has 4 rings (SSSR count). The third-order valence-electron chi connectivity index (χ3n) is 4.16. The molecule has 26 heavy (non-hydrogen) atoms. The number of fused-ring (bicyclic) bond motifs is 2. The molecule has 5 nitrogen and oxygen atoms in total. The van der Waals surface area contributed by atoms with E-state index in [1.165, 1.54) is 23.0 Å². The van der Waals surface area contributed by atoms with Gasteiger partial charge in [-0.25, -0.2) is 4.98 Å². The van der Waals surface area contributed by atoms with Gasteiger partial charge in [0.05, 0.1) is 15.6 Å². The summed E-state index contributed by atoms with van der Waals surface area (Å²) in [5.41, 5.74) is 2.19. The van der Waals surface area contributed by atoms with Gasteiger partial charge >= 0.3 is 0 Å². The van der Waals surface area contributed by atoms with Crippen LogP contribution in [0.15, 0.2) is 57.7 Å². The number of para-hydroxylation sites is 1. The molecule has 130 valence electrons. The zero-order chi connectivity index (χ0) is 18.3. The van der Waals surface area contributed by atoms with Gasteiger partial charge in [-0.1, -0.05) is 43.4 Å². The molecule has 0 saturated carbocycles. The number of anilines is 1. The van der Waals surface area contributed by atoms with E-state index in [2.05, 4.69) is 30.2 Å². The molecule has 0 aliphatic carbocycles. The first-order valence-electron chi connectivity index (χ1n) is 8.26. The molecule has 0 spiro atoms. The van der Waals surface area contributed by atoms with Crippen LogP contribution in [0.1, 0.15) is 35.9 Å². The van der Waals surface area contributed by atoms with Crippen LogP contribution in [0.5, 0.6) is 0 Å². The maximum atomic E-state index is 12.5. The van der Waals surface area contributed by atoms with E-state index in [1.807, 2.05) is 12.1 Å². The Hall–Kier alpha value is -2.99. The predicted octanol–water partition coefficient (Wildman–Crippen LogP) is 4.78. The Morgan fingerprint density at radius 1 is 1.15 bits per heavy atom. The second kappa shape index (κ2) is 6.38. The van der Waals surface area contributed by atoms with Crippen LogP contribution < -0.4 is 10.7 Å². The number of carbonyl (C=O) groups excluding carboxylic acids is 1. The minimum atomic E-state index is -0.490. The zero-order valence-electron chi connectivity index (χ0n) is 14.3. The zero-order valence-corrected chi connectivity index (χ0v) is 15.1. The number of amides is 1. The van der Waals surface area contributed by atoms with E-state index in [1.54, 1.807) is 24.3 Å². The first-order chi connectivity index (χ1) is 12.5. The summed E-state index contributed by atoms with van der Waals surface area (Å²) in [6.07, 6.45) is 0. The smallest absolute Gasteiger partial charge is 0.293 e. The van der Waals surface area contributed by atoms with E-state index < -0.39 is 5.91 Å². The summed E-state index contributed by atoms with van der Waals surface area (Å²) in [5, 5.41) is 3.65. The molecule has 0 saturated heterocycles. The van der Waals surface area contributed by atoms with Crippen molar-refractivity contribution >= 4 is 43.6 Å². The Bertz CT molecular complexity index is 1190. The third-order valence-corrected chi connectivity index (χ3v) is 5.09. The van der Waals surface area contributed by atoms with Gasteiger partial charge in [0, 0.05) is 6.07 Å². The quantitative estimate of drug-likeness (QED) is 0.568. The fourth-order valence-electron chi connectivity index (χ4n) is 2.73. The van der Waals surface area contributed by atoms with Crippen molar-refractivity contribution in [3.05, 3.63) is 70.1 Å². The van der Waals surface area contributed by atoms with Gasteiger partial charge < -0.3 is 4.42 Å². The molecule has 2 heterocycles. The number of hydrogen-bond donors (Lipinski definition) is 1. The molecule has 0 fully saturated rings. The summed E-state index contributed by atoms with van der Waals surface area (Å²) in [6.45, 7) is 4.26. The van der Waals surface area contributed by atoms with E-state index in [0.717, 1.165) is 10.2 Å². The Morgan fingerprint density at radius 2 is 1.96 bits per heavy atom. The van der Waals surface area contributed by atoms with E-state index in [0.29, 0.717) is 22.0 Å². The van der Waals surface area contributed by atoms with Crippen molar-refractivity contribution in [2.24, 2.45) is 0 Å². The summed E-state index contributed by atoms with van der Waals surface area (Å²) < 4.78 is 6.57. The predicted molar refractivity (Wildman–Crippen MR) is 104 cm³/mol.